The number of benzene rings is 6. The Morgan fingerprint density at radius 2 is 0.711 bits per heavy atom. The van der Waals surface area contributed by atoms with Gasteiger partial charge in [-0.2, -0.15) is 0 Å². The number of rotatable bonds is 3. The van der Waals surface area contributed by atoms with Gasteiger partial charge in [-0.05, 0) is 64.4 Å². The van der Waals surface area contributed by atoms with Crippen LogP contribution in [0.4, 0.5) is 0 Å². The Kier molecular flexibility index (Phi) is 5.54. The van der Waals surface area contributed by atoms with Gasteiger partial charge in [0.15, 0.2) is 17.5 Å². The highest BCUT2D eigenvalue weighted by atomic mass is 15.0. The van der Waals surface area contributed by atoms with Crippen LogP contribution in [0.2, 0.25) is 0 Å². The monoisotopic (exact) mass is 575 g/mol. The second-order valence-corrected chi connectivity index (χ2v) is 12.2. The zero-order valence-corrected chi connectivity index (χ0v) is 25.1. The molecule has 9 rings (SSSR count). The molecule has 1 aromatic heterocycles. The van der Waals surface area contributed by atoms with Crippen LogP contribution >= 0.6 is 0 Å². The number of nitrogens with zero attached hydrogens (tertiary/aromatic N) is 3. The molecule has 0 saturated heterocycles. The Morgan fingerprint density at radius 1 is 0.356 bits per heavy atom. The van der Waals surface area contributed by atoms with Crippen molar-refractivity contribution in [3.8, 4) is 56.4 Å². The van der Waals surface area contributed by atoms with Gasteiger partial charge in [0.25, 0.3) is 0 Å². The topological polar surface area (TPSA) is 38.7 Å². The van der Waals surface area contributed by atoms with Gasteiger partial charge in [-0.15, -0.1) is 0 Å². The van der Waals surface area contributed by atoms with E-state index in [0.29, 0.717) is 17.5 Å². The van der Waals surface area contributed by atoms with Crippen molar-refractivity contribution in [1.82, 2.24) is 15.0 Å². The highest BCUT2D eigenvalue weighted by Crippen LogP contribution is 2.62. The molecule has 2 aliphatic carbocycles. The van der Waals surface area contributed by atoms with Crippen LogP contribution in [-0.4, -0.2) is 15.0 Å². The SMILES string of the molecule is Cc1ccc(-c2nc(-c3ccc(C)cc3)nc(-c3ccc4c(c3)-c3ccccc3C43c4ccccc4-c4ccccc43)n2)cc1. The minimum Gasteiger partial charge on any atom is -0.208 e. The van der Waals surface area contributed by atoms with Crippen LogP contribution in [0.1, 0.15) is 33.4 Å². The lowest BCUT2D eigenvalue weighted by Gasteiger charge is -2.30. The molecule has 6 aromatic carbocycles. The first-order chi connectivity index (χ1) is 22.1. The molecule has 7 aromatic rings. The van der Waals surface area contributed by atoms with E-state index in [2.05, 4.69) is 153 Å². The van der Waals surface area contributed by atoms with Crippen LogP contribution < -0.4 is 0 Å². The molecule has 212 valence electrons. The fraction of sp³-hybridized carbons (Fsp3) is 0.0714. The predicted octanol–water partition coefficient (Wildman–Crippen LogP) is 9.83. The van der Waals surface area contributed by atoms with Gasteiger partial charge >= 0.3 is 0 Å². The second-order valence-electron chi connectivity index (χ2n) is 12.2. The van der Waals surface area contributed by atoms with Crippen molar-refractivity contribution in [2.24, 2.45) is 0 Å². The number of hydrogen-bond donors (Lipinski definition) is 0. The van der Waals surface area contributed by atoms with Gasteiger partial charge in [-0.3, -0.25) is 0 Å². The maximum atomic E-state index is 5.07. The number of aromatic nitrogens is 3. The van der Waals surface area contributed by atoms with Gasteiger partial charge in [0.05, 0.1) is 5.41 Å². The molecule has 0 N–H and O–H groups in total. The Hall–Kier alpha value is -5.67. The van der Waals surface area contributed by atoms with E-state index < -0.39 is 0 Å². The number of aryl methyl sites for hydroxylation is 2. The third kappa shape index (κ3) is 3.74. The van der Waals surface area contributed by atoms with Crippen molar-refractivity contribution in [3.63, 3.8) is 0 Å². The molecule has 3 nitrogen and oxygen atoms in total. The molecule has 1 spiro atoms. The third-order valence-corrected chi connectivity index (χ3v) is 9.51. The molecule has 0 atom stereocenters. The minimum atomic E-state index is -0.364. The van der Waals surface area contributed by atoms with Crippen molar-refractivity contribution in [2.45, 2.75) is 19.3 Å². The fourth-order valence-electron chi connectivity index (χ4n) is 7.41. The average Bonchev–Trinajstić information content (AvgIpc) is 3.56. The molecule has 0 fully saturated rings. The Labute approximate surface area is 263 Å². The molecule has 2 aliphatic rings. The zero-order valence-electron chi connectivity index (χ0n) is 25.1. The molecule has 0 amide bonds. The van der Waals surface area contributed by atoms with Crippen LogP contribution in [0.5, 0.6) is 0 Å². The molecule has 3 heteroatoms. The standard InChI is InChI=1S/C42H29N3/c1-26-15-19-28(20-16-26)39-43-40(29-21-17-27(2)18-22-29)45-41(44-39)30-23-24-38-34(25-30)33-11-5-8-14-37(33)42(38)35-12-6-3-9-31(35)32-10-4-7-13-36(32)42/h3-25H,1-2H3. The van der Waals surface area contributed by atoms with Gasteiger partial charge in [0.2, 0.25) is 0 Å². The summed E-state index contributed by atoms with van der Waals surface area (Å²) in [7, 11) is 0. The van der Waals surface area contributed by atoms with Gasteiger partial charge in [0.1, 0.15) is 0 Å². The van der Waals surface area contributed by atoms with E-state index in [1.807, 2.05) is 0 Å². The molecular weight excluding hydrogens is 546 g/mol. The lowest BCUT2D eigenvalue weighted by molar-refractivity contribution is 0.794. The zero-order chi connectivity index (χ0) is 30.1. The van der Waals surface area contributed by atoms with Gasteiger partial charge in [0, 0.05) is 16.7 Å². The van der Waals surface area contributed by atoms with Crippen molar-refractivity contribution >= 4 is 0 Å². The summed E-state index contributed by atoms with van der Waals surface area (Å²) in [6.45, 7) is 4.19. The number of fused-ring (bicyclic) bond motifs is 10. The average molecular weight is 576 g/mol. The van der Waals surface area contributed by atoms with Crippen LogP contribution in [0.15, 0.2) is 140 Å². The van der Waals surface area contributed by atoms with Crippen molar-refractivity contribution in [3.05, 3.63) is 173 Å². The molecule has 0 saturated carbocycles. The Bertz CT molecular complexity index is 2170. The van der Waals surface area contributed by atoms with E-state index >= 15 is 0 Å². The molecule has 0 unspecified atom stereocenters. The van der Waals surface area contributed by atoms with Crippen LogP contribution in [-0.2, 0) is 5.41 Å². The molecule has 1 heterocycles. The molecule has 45 heavy (non-hydrogen) atoms. The third-order valence-electron chi connectivity index (χ3n) is 9.51. The summed E-state index contributed by atoms with van der Waals surface area (Å²) in [4.78, 5) is 15.1. The van der Waals surface area contributed by atoms with Gasteiger partial charge in [-0.1, -0.05) is 145 Å². The normalized spacial score (nSPS) is 13.3. The molecular formula is C42H29N3. The molecule has 0 bridgehead atoms. The van der Waals surface area contributed by atoms with E-state index in [-0.39, 0.29) is 5.41 Å². The van der Waals surface area contributed by atoms with Crippen molar-refractivity contribution < 1.29 is 0 Å². The lowest BCUT2D eigenvalue weighted by Crippen LogP contribution is -2.25. The van der Waals surface area contributed by atoms with E-state index in [9.17, 15) is 0 Å². The maximum absolute atomic E-state index is 5.07. The van der Waals surface area contributed by atoms with Crippen molar-refractivity contribution in [2.75, 3.05) is 0 Å². The highest BCUT2D eigenvalue weighted by molar-refractivity contribution is 5.95. The largest absolute Gasteiger partial charge is 0.208 e. The smallest absolute Gasteiger partial charge is 0.164 e. The Balaban J connectivity index is 1.28. The summed E-state index contributed by atoms with van der Waals surface area (Å²) in [6, 6.07) is 50.3. The summed E-state index contributed by atoms with van der Waals surface area (Å²) in [5, 5.41) is 0. The van der Waals surface area contributed by atoms with Crippen molar-refractivity contribution in [1.29, 1.82) is 0 Å². The Morgan fingerprint density at radius 3 is 1.18 bits per heavy atom. The van der Waals surface area contributed by atoms with Gasteiger partial charge < -0.3 is 0 Å². The first-order valence-electron chi connectivity index (χ1n) is 15.5. The van der Waals surface area contributed by atoms with Crippen LogP contribution in [0.25, 0.3) is 56.4 Å². The van der Waals surface area contributed by atoms with E-state index in [1.165, 1.54) is 55.6 Å². The molecule has 0 aliphatic heterocycles. The summed E-state index contributed by atoms with van der Waals surface area (Å²) < 4.78 is 0. The van der Waals surface area contributed by atoms with E-state index in [0.717, 1.165) is 16.7 Å². The summed E-state index contributed by atoms with van der Waals surface area (Å²) >= 11 is 0. The minimum absolute atomic E-state index is 0.364. The van der Waals surface area contributed by atoms with E-state index in [4.69, 9.17) is 15.0 Å². The lowest BCUT2D eigenvalue weighted by atomic mass is 9.70. The summed E-state index contributed by atoms with van der Waals surface area (Å²) in [6.07, 6.45) is 0. The fourth-order valence-corrected chi connectivity index (χ4v) is 7.41. The highest BCUT2D eigenvalue weighted by Gasteiger charge is 2.51. The predicted molar refractivity (Wildman–Crippen MR) is 182 cm³/mol. The quantitative estimate of drug-likeness (QED) is 0.210. The summed E-state index contributed by atoms with van der Waals surface area (Å²) in [5.74, 6) is 2.02. The van der Waals surface area contributed by atoms with Gasteiger partial charge in [-0.25, -0.2) is 15.0 Å². The van der Waals surface area contributed by atoms with Crippen LogP contribution in [0.3, 0.4) is 0 Å². The first kappa shape index (κ1) is 25.8. The second kappa shape index (κ2) is 9.67. The van der Waals surface area contributed by atoms with Crippen LogP contribution in [0, 0.1) is 13.8 Å². The summed E-state index contributed by atoms with van der Waals surface area (Å²) in [5.41, 5.74) is 15.4. The first-order valence-corrected chi connectivity index (χ1v) is 15.5. The molecule has 0 radical (unpaired) electrons. The number of hydrogen-bond acceptors (Lipinski definition) is 3. The maximum Gasteiger partial charge on any atom is 0.164 e. The van der Waals surface area contributed by atoms with E-state index in [1.54, 1.807) is 0 Å².